The molecule has 124 valence electrons. The summed E-state index contributed by atoms with van der Waals surface area (Å²) in [5.74, 6) is 0.918. The molecule has 3 rings (SSSR count). The predicted molar refractivity (Wildman–Crippen MR) is 86.8 cm³/mol. The molecule has 2 saturated heterocycles. The van der Waals surface area contributed by atoms with E-state index < -0.39 is 0 Å². The highest BCUT2D eigenvalue weighted by Crippen LogP contribution is 2.41. The van der Waals surface area contributed by atoms with Gasteiger partial charge in [-0.05, 0) is 18.4 Å². The maximum atomic E-state index is 12.7. The van der Waals surface area contributed by atoms with Crippen LogP contribution in [0, 0.1) is 11.8 Å². The highest BCUT2D eigenvalue weighted by atomic mass is 16.5. The van der Waals surface area contributed by atoms with Gasteiger partial charge in [0.05, 0.1) is 19.8 Å². The Morgan fingerprint density at radius 1 is 0.727 bits per heavy atom. The zero-order valence-corrected chi connectivity index (χ0v) is 13.8. The van der Waals surface area contributed by atoms with Crippen molar-refractivity contribution >= 4 is 5.78 Å². The molecule has 0 radical (unpaired) electrons. The van der Waals surface area contributed by atoms with Crippen LogP contribution in [0.4, 0.5) is 0 Å². The Labute approximate surface area is 134 Å². The van der Waals surface area contributed by atoms with Gasteiger partial charge in [-0.3, -0.25) is 4.79 Å². The molecule has 0 aromatic heterocycles. The van der Waals surface area contributed by atoms with Gasteiger partial charge in [0.1, 0.15) is 0 Å². The average Bonchev–Trinajstić information content (AvgIpc) is 3.06. The smallest absolute Gasteiger partial charge is 0.164 e. The lowest BCUT2D eigenvalue weighted by molar-refractivity contribution is -0.120. The van der Waals surface area contributed by atoms with Crippen molar-refractivity contribution < 1.29 is 14.3 Å². The Balaban J connectivity index is 1.62. The summed E-state index contributed by atoms with van der Waals surface area (Å²) in [5.41, 5.74) is 2.22. The summed E-state index contributed by atoms with van der Waals surface area (Å²) >= 11 is 0. The van der Waals surface area contributed by atoms with Crippen LogP contribution in [0.5, 0.6) is 0 Å². The summed E-state index contributed by atoms with van der Waals surface area (Å²) < 4.78 is 11.4. The summed E-state index contributed by atoms with van der Waals surface area (Å²) in [5, 5.41) is 0. The molecule has 2 fully saturated rings. The number of ketones is 1. The summed E-state index contributed by atoms with van der Waals surface area (Å²) in [7, 11) is 0. The van der Waals surface area contributed by atoms with Crippen molar-refractivity contribution in [2.24, 2.45) is 11.8 Å². The van der Waals surface area contributed by atoms with Crippen LogP contribution in [-0.4, -0.2) is 32.2 Å². The van der Waals surface area contributed by atoms with E-state index in [1.807, 2.05) is 0 Å². The molecular formula is C19H30O3. The van der Waals surface area contributed by atoms with Crippen LogP contribution >= 0.6 is 0 Å². The molecule has 3 nitrogen and oxygen atoms in total. The van der Waals surface area contributed by atoms with Crippen molar-refractivity contribution in [3.63, 3.8) is 0 Å². The van der Waals surface area contributed by atoms with Crippen LogP contribution in [-0.2, 0) is 14.3 Å². The third-order valence-corrected chi connectivity index (χ3v) is 5.56. The van der Waals surface area contributed by atoms with Crippen molar-refractivity contribution in [3.05, 3.63) is 11.1 Å². The summed E-state index contributed by atoms with van der Waals surface area (Å²) in [6.45, 7) is 2.71. The highest BCUT2D eigenvalue weighted by molar-refractivity contribution is 6.01. The lowest BCUT2D eigenvalue weighted by atomic mass is 9.88. The molecule has 0 N–H and O–H groups in total. The van der Waals surface area contributed by atoms with E-state index in [-0.39, 0.29) is 5.92 Å². The van der Waals surface area contributed by atoms with Gasteiger partial charge in [0.2, 0.25) is 0 Å². The van der Waals surface area contributed by atoms with Gasteiger partial charge in [-0.2, -0.15) is 0 Å². The number of carbonyl (C=O) groups excluding carboxylic acids is 1. The Bertz CT molecular complexity index is 413. The second-order valence-electron chi connectivity index (χ2n) is 7.12. The van der Waals surface area contributed by atoms with Gasteiger partial charge in [-0.25, -0.2) is 0 Å². The number of hydrogen-bond donors (Lipinski definition) is 0. The minimum atomic E-state index is 0.184. The number of Topliss-reactive ketones (excluding diaryl/α,β-unsaturated/α-hetero) is 1. The van der Waals surface area contributed by atoms with E-state index in [2.05, 4.69) is 0 Å². The number of ether oxygens (including phenoxy) is 2. The largest absolute Gasteiger partial charge is 0.377 e. The van der Waals surface area contributed by atoms with Crippen molar-refractivity contribution in [1.82, 2.24) is 0 Å². The fourth-order valence-corrected chi connectivity index (χ4v) is 4.21. The predicted octanol–water partition coefficient (Wildman–Crippen LogP) is 4.06. The minimum absolute atomic E-state index is 0.184. The molecule has 0 aromatic carbocycles. The van der Waals surface area contributed by atoms with Gasteiger partial charge < -0.3 is 9.47 Å². The van der Waals surface area contributed by atoms with E-state index in [0.717, 1.165) is 31.6 Å². The normalized spacial score (nSPS) is 32.3. The number of hydrogen-bond acceptors (Lipinski definition) is 3. The van der Waals surface area contributed by atoms with Crippen LogP contribution in [0.25, 0.3) is 0 Å². The quantitative estimate of drug-likeness (QED) is 0.677. The van der Waals surface area contributed by atoms with Crippen LogP contribution in [0.15, 0.2) is 11.1 Å². The van der Waals surface area contributed by atoms with Crippen LogP contribution in [0.3, 0.4) is 0 Å². The first-order chi connectivity index (χ1) is 10.9. The molecule has 0 aromatic rings. The van der Waals surface area contributed by atoms with Gasteiger partial charge in [-0.1, -0.05) is 51.4 Å². The molecule has 0 spiro atoms. The molecule has 3 aliphatic rings. The molecule has 2 aliphatic heterocycles. The number of carbonyl (C=O) groups is 1. The van der Waals surface area contributed by atoms with Crippen molar-refractivity contribution in [3.8, 4) is 0 Å². The average molecular weight is 306 g/mol. The zero-order chi connectivity index (χ0) is 15.2. The molecule has 0 unspecified atom stereocenters. The van der Waals surface area contributed by atoms with Crippen LogP contribution < -0.4 is 0 Å². The van der Waals surface area contributed by atoms with Gasteiger partial charge in [-0.15, -0.1) is 0 Å². The Hall–Kier alpha value is -0.670. The summed E-state index contributed by atoms with van der Waals surface area (Å²) in [6, 6.07) is 0. The molecular weight excluding hydrogens is 276 g/mol. The molecule has 1 aliphatic carbocycles. The van der Waals surface area contributed by atoms with E-state index in [9.17, 15) is 4.79 Å². The highest BCUT2D eigenvalue weighted by Gasteiger charge is 2.43. The van der Waals surface area contributed by atoms with Gasteiger partial charge in [0.15, 0.2) is 5.78 Å². The van der Waals surface area contributed by atoms with E-state index in [1.54, 1.807) is 0 Å². The van der Waals surface area contributed by atoms with E-state index >= 15 is 0 Å². The standard InChI is InChI=1S/C19H30O3/c20-19-15-10-8-6-4-2-1-3-5-7-9-11-21-14-18(19)17-13-22-12-16(15)17/h15-16H,1-14H2/t15-,16-/m0/s1. The fraction of sp³-hybridized carbons (Fsp3) is 0.842. The third kappa shape index (κ3) is 3.80. The maximum Gasteiger partial charge on any atom is 0.164 e. The second kappa shape index (κ2) is 8.26. The Morgan fingerprint density at radius 3 is 2.18 bits per heavy atom. The lowest BCUT2D eigenvalue weighted by Crippen LogP contribution is -2.20. The van der Waals surface area contributed by atoms with Gasteiger partial charge in [0.25, 0.3) is 0 Å². The van der Waals surface area contributed by atoms with Gasteiger partial charge >= 0.3 is 0 Å². The molecule has 0 amide bonds. The molecule has 2 heterocycles. The molecule has 22 heavy (non-hydrogen) atoms. The first-order valence-electron chi connectivity index (χ1n) is 9.29. The molecule has 2 bridgehead atoms. The van der Waals surface area contributed by atoms with Gasteiger partial charge in [0, 0.05) is 24.0 Å². The minimum Gasteiger partial charge on any atom is -0.377 e. The van der Waals surface area contributed by atoms with Crippen molar-refractivity contribution in [2.45, 2.75) is 64.2 Å². The first kappa shape index (κ1) is 16.2. The third-order valence-electron chi connectivity index (χ3n) is 5.56. The van der Waals surface area contributed by atoms with E-state index in [0.29, 0.717) is 24.9 Å². The second-order valence-corrected chi connectivity index (χ2v) is 7.12. The van der Waals surface area contributed by atoms with E-state index in [4.69, 9.17) is 9.47 Å². The van der Waals surface area contributed by atoms with Crippen molar-refractivity contribution in [2.75, 3.05) is 26.4 Å². The van der Waals surface area contributed by atoms with E-state index in [1.165, 1.54) is 56.9 Å². The summed E-state index contributed by atoms with van der Waals surface area (Å²) in [6.07, 6.45) is 12.6. The topological polar surface area (TPSA) is 35.5 Å². The Kier molecular flexibility index (Phi) is 6.08. The molecule has 2 atom stereocenters. The van der Waals surface area contributed by atoms with Crippen molar-refractivity contribution in [1.29, 1.82) is 0 Å². The number of fused-ring (bicyclic) bond motifs is 4. The zero-order valence-electron chi connectivity index (χ0n) is 13.8. The lowest BCUT2D eigenvalue weighted by Gasteiger charge is -2.15. The fourth-order valence-electron chi connectivity index (χ4n) is 4.21. The maximum absolute atomic E-state index is 12.7. The molecule has 0 saturated carbocycles. The monoisotopic (exact) mass is 306 g/mol. The SMILES string of the molecule is O=C1C2=C3COC[C@H]3[C@@H]1CCCCCCCCCCCOC2. The molecule has 3 heteroatoms. The number of rotatable bonds is 0. The first-order valence-corrected chi connectivity index (χ1v) is 9.29. The Morgan fingerprint density at radius 2 is 1.41 bits per heavy atom. The van der Waals surface area contributed by atoms with Crippen LogP contribution in [0.2, 0.25) is 0 Å². The summed E-state index contributed by atoms with van der Waals surface area (Å²) in [4.78, 5) is 12.7. The van der Waals surface area contributed by atoms with Crippen LogP contribution in [0.1, 0.15) is 64.2 Å².